The van der Waals surface area contributed by atoms with E-state index < -0.39 is 10.0 Å². The number of nitrogens with one attached hydrogen (secondary N) is 2. The van der Waals surface area contributed by atoms with Crippen LogP contribution in [0.5, 0.6) is 0 Å². The zero-order chi connectivity index (χ0) is 22.5. The molecule has 10 nitrogen and oxygen atoms in total. The Morgan fingerprint density at radius 3 is 2.59 bits per heavy atom. The van der Waals surface area contributed by atoms with Crippen LogP contribution in [0.3, 0.4) is 0 Å². The summed E-state index contributed by atoms with van der Waals surface area (Å²) in [5.74, 6) is 2.05. The second-order valence-electron chi connectivity index (χ2n) is 8.74. The van der Waals surface area contributed by atoms with Crippen molar-refractivity contribution < 1.29 is 8.42 Å². The second kappa shape index (κ2) is 7.52. The number of nitrogens with two attached hydrogens (primary N) is 1. The van der Waals surface area contributed by atoms with E-state index in [1.807, 2.05) is 6.07 Å². The molecule has 1 saturated carbocycles. The van der Waals surface area contributed by atoms with Crippen LogP contribution in [0.1, 0.15) is 46.0 Å². The van der Waals surface area contributed by atoms with Crippen molar-refractivity contribution in [2.75, 3.05) is 10.7 Å². The number of aromatic nitrogens is 4. The van der Waals surface area contributed by atoms with Gasteiger partial charge in [-0.15, -0.1) is 0 Å². The molecule has 1 spiro atoms. The van der Waals surface area contributed by atoms with Gasteiger partial charge in [-0.2, -0.15) is 10.1 Å². The number of sulfonamides is 1. The summed E-state index contributed by atoms with van der Waals surface area (Å²) in [6.45, 7) is 4.37. The quantitative estimate of drug-likeness (QED) is 0.549. The van der Waals surface area contributed by atoms with Gasteiger partial charge in [0, 0.05) is 17.8 Å². The smallest absolute Gasteiger partial charge is 0.239 e. The lowest BCUT2D eigenvalue weighted by atomic mass is 9.74. The van der Waals surface area contributed by atoms with Crippen molar-refractivity contribution in [1.29, 1.82) is 0 Å². The minimum Gasteiger partial charge on any atom is -0.309 e. The summed E-state index contributed by atoms with van der Waals surface area (Å²) in [7, 11) is -3.80. The van der Waals surface area contributed by atoms with Gasteiger partial charge < -0.3 is 5.32 Å². The highest BCUT2D eigenvalue weighted by atomic mass is 32.2. The largest absolute Gasteiger partial charge is 0.309 e. The Labute approximate surface area is 186 Å². The Morgan fingerprint density at radius 1 is 1.16 bits per heavy atom. The van der Waals surface area contributed by atoms with Gasteiger partial charge in [-0.05, 0) is 37.0 Å². The molecule has 3 aromatic rings. The van der Waals surface area contributed by atoms with Crippen LogP contribution in [0.25, 0.3) is 11.0 Å². The summed E-state index contributed by atoms with van der Waals surface area (Å²) >= 11 is 0. The molecule has 1 aliphatic heterocycles. The van der Waals surface area contributed by atoms with Gasteiger partial charge >= 0.3 is 0 Å². The number of hydrogen-bond donors (Lipinski definition) is 3. The molecule has 11 heteroatoms. The van der Waals surface area contributed by atoms with Crippen LogP contribution in [-0.4, -0.2) is 33.6 Å². The van der Waals surface area contributed by atoms with Gasteiger partial charge in [0.1, 0.15) is 22.2 Å². The first-order valence-corrected chi connectivity index (χ1v) is 12.3. The topological polar surface area (TPSA) is 140 Å². The molecule has 168 valence electrons. The lowest BCUT2D eigenvalue weighted by molar-refractivity contribution is 0.278. The van der Waals surface area contributed by atoms with Crippen LogP contribution in [0.15, 0.2) is 40.6 Å². The number of anilines is 3. The summed E-state index contributed by atoms with van der Waals surface area (Å²) in [5.41, 5.74) is 5.04. The van der Waals surface area contributed by atoms with Gasteiger partial charge in [0.15, 0.2) is 0 Å². The molecule has 0 unspecified atom stereocenters. The Balaban J connectivity index is 1.56. The first-order chi connectivity index (χ1) is 15.3. The fraction of sp³-hybridized carbons (Fsp3) is 0.429. The highest BCUT2D eigenvalue weighted by molar-refractivity contribution is 7.89. The fourth-order valence-electron chi connectivity index (χ4n) is 4.92. The molecule has 2 aliphatic rings. The molecule has 32 heavy (non-hydrogen) atoms. The summed E-state index contributed by atoms with van der Waals surface area (Å²) in [6.07, 6.45) is 8.60. The van der Waals surface area contributed by atoms with Gasteiger partial charge in [-0.25, -0.2) is 23.5 Å². The van der Waals surface area contributed by atoms with Crippen LogP contribution < -0.4 is 15.9 Å². The van der Waals surface area contributed by atoms with Crippen LogP contribution in [-0.2, 0) is 15.6 Å². The molecule has 3 aromatic heterocycles. The molecule has 0 radical (unpaired) electrons. The molecule has 0 amide bonds. The van der Waals surface area contributed by atoms with E-state index in [1.54, 1.807) is 6.20 Å². The van der Waals surface area contributed by atoms with Crippen LogP contribution >= 0.6 is 0 Å². The number of rotatable bonds is 4. The molecule has 1 fully saturated rings. The predicted molar refractivity (Wildman–Crippen MR) is 123 cm³/mol. The molecule has 5 rings (SSSR count). The van der Waals surface area contributed by atoms with Crippen molar-refractivity contribution in [2.24, 2.45) is 16.2 Å². The molecule has 0 atom stereocenters. The van der Waals surface area contributed by atoms with E-state index in [1.165, 1.54) is 24.8 Å². The molecule has 0 saturated heterocycles. The molecular weight excluding hydrogens is 428 g/mol. The first-order valence-electron chi connectivity index (χ1n) is 10.8. The highest BCUT2D eigenvalue weighted by Crippen LogP contribution is 2.45. The maximum absolute atomic E-state index is 11.5. The number of pyridine rings is 1. The third-order valence-corrected chi connectivity index (χ3v) is 7.17. The van der Waals surface area contributed by atoms with Gasteiger partial charge in [-0.3, -0.25) is 9.99 Å². The summed E-state index contributed by atoms with van der Waals surface area (Å²) in [4.78, 5) is 13.3. The van der Waals surface area contributed by atoms with Crippen LogP contribution in [0.4, 0.5) is 17.6 Å². The van der Waals surface area contributed by atoms with E-state index in [4.69, 9.17) is 15.2 Å². The number of primary sulfonamides is 1. The van der Waals surface area contributed by atoms with Crippen molar-refractivity contribution >= 4 is 44.4 Å². The van der Waals surface area contributed by atoms with Crippen molar-refractivity contribution in [3.63, 3.8) is 0 Å². The molecule has 0 bridgehead atoms. The molecular formula is C21H26N8O2S. The minimum absolute atomic E-state index is 0.0501. The first kappa shape index (κ1) is 20.8. The van der Waals surface area contributed by atoms with E-state index in [9.17, 15) is 8.42 Å². The summed E-state index contributed by atoms with van der Waals surface area (Å²) in [6, 6.07) is 4.97. The van der Waals surface area contributed by atoms with E-state index in [-0.39, 0.29) is 10.4 Å². The standard InChI is InChI=1S/C21H26N8O2S/c1-13(2)18-21(8-4-3-5-9-21)29-17(27-28-18)10-14-11-24-20(26-19(14)29)25-16-7-6-15(12-23-16)32(22,30)31/h6-7,10-13,27H,3-5,8-9H2,1-2H3,(H2,22,30,31)(H,23,24,25,26). The Kier molecular flexibility index (Phi) is 4.90. The van der Waals surface area contributed by atoms with Gasteiger partial charge in [0.2, 0.25) is 16.0 Å². The van der Waals surface area contributed by atoms with Crippen molar-refractivity contribution in [3.05, 3.63) is 30.6 Å². The van der Waals surface area contributed by atoms with E-state index in [2.05, 4.69) is 39.1 Å². The number of nitrogens with zero attached hydrogens (tertiary/aromatic N) is 5. The summed E-state index contributed by atoms with van der Waals surface area (Å²) < 4.78 is 25.2. The maximum Gasteiger partial charge on any atom is 0.239 e. The van der Waals surface area contributed by atoms with Crippen LogP contribution in [0.2, 0.25) is 0 Å². The zero-order valence-electron chi connectivity index (χ0n) is 18.0. The average molecular weight is 455 g/mol. The van der Waals surface area contributed by atoms with E-state index >= 15 is 0 Å². The monoisotopic (exact) mass is 454 g/mol. The van der Waals surface area contributed by atoms with Gasteiger partial charge in [0.25, 0.3) is 0 Å². The number of hydrazone groups is 1. The van der Waals surface area contributed by atoms with E-state index in [0.29, 0.717) is 17.7 Å². The predicted octanol–water partition coefficient (Wildman–Crippen LogP) is 3.31. The minimum atomic E-state index is -3.80. The third kappa shape index (κ3) is 3.41. The van der Waals surface area contributed by atoms with Crippen molar-refractivity contribution in [1.82, 2.24) is 19.5 Å². The lowest BCUT2D eigenvalue weighted by Crippen LogP contribution is -2.48. The maximum atomic E-state index is 11.5. The van der Waals surface area contributed by atoms with Crippen molar-refractivity contribution in [2.45, 2.75) is 56.4 Å². The zero-order valence-corrected chi connectivity index (χ0v) is 18.9. The number of hydrogen-bond acceptors (Lipinski definition) is 8. The van der Waals surface area contributed by atoms with Gasteiger partial charge in [-0.1, -0.05) is 33.1 Å². The number of fused-ring (bicyclic) bond motifs is 4. The Hall–Kier alpha value is -3.05. The fourth-order valence-corrected chi connectivity index (χ4v) is 5.38. The molecule has 1 aliphatic carbocycles. The van der Waals surface area contributed by atoms with E-state index in [0.717, 1.165) is 48.2 Å². The van der Waals surface area contributed by atoms with Crippen LogP contribution in [0, 0.1) is 5.92 Å². The van der Waals surface area contributed by atoms with Gasteiger partial charge in [0.05, 0.1) is 11.3 Å². The Morgan fingerprint density at radius 2 is 1.94 bits per heavy atom. The highest BCUT2D eigenvalue weighted by Gasteiger charge is 2.44. The van der Waals surface area contributed by atoms with Crippen molar-refractivity contribution in [3.8, 4) is 0 Å². The lowest BCUT2D eigenvalue weighted by Gasteiger charge is -2.44. The SMILES string of the molecule is CC(C)C1=NNc2cc3cnc(Nc4ccc(S(N)(=O)=O)cn4)nc3n2C12CCCCC2. The Bertz CT molecular complexity index is 1310. The summed E-state index contributed by atoms with van der Waals surface area (Å²) in [5, 5.41) is 13.9. The second-order valence-corrected chi connectivity index (χ2v) is 10.3. The molecule has 0 aromatic carbocycles. The average Bonchev–Trinajstić information content (AvgIpc) is 3.13. The third-order valence-electron chi connectivity index (χ3n) is 6.27. The normalized spacial score (nSPS) is 17.8. The molecule has 4 N–H and O–H groups in total. The molecule has 4 heterocycles.